The zero-order valence-corrected chi connectivity index (χ0v) is 7.69. The highest BCUT2D eigenvalue weighted by atomic mass is 16.3. The fourth-order valence-corrected chi connectivity index (χ4v) is 0.867. The summed E-state index contributed by atoms with van der Waals surface area (Å²) in [6.45, 7) is 1.86. The summed E-state index contributed by atoms with van der Waals surface area (Å²) >= 11 is 0. The molecule has 0 saturated heterocycles. The van der Waals surface area contributed by atoms with Gasteiger partial charge >= 0.3 is 0 Å². The van der Waals surface area contributed by atoms with Crippen molar-refractivity contribution in [2.45, 2.75) is 13.0 Å². The normalized spacial score (nSPS) is 12.5. The number of amides is 1. The van der Waals surface area contributed by atoms with Crippen molar-refractivity contribution in [3.63, 3.8) is 0 Å². The molecule has 0 aliphatic heterocycles. The van der Waals surface area contributed by atoms with Gasteiger partial charge in [0.15, 0.2) is 0 Å². The number of aliphatic hydroxyl groups excluding tert-OH is 1. The van der Waals surface area contributed by atoms with Crippen molar-refractivity contribution >= 4 is 5.91 Å². The molecule has 0 aromatic carbocycles. The van der Waals surface area contributed by atoms with Crippen molar-refractivity contribution in [3.8, 4) is 0 Å². The van der Waals surface area contributed by atoms with Gasteiger partial charge < -0.3 is 10.4 Å². The molecular weight excluding hydrogens is 170 g/mol. The van der Waals surface area contributed by atoms with Gasteiger partial charge in [0.2, 0.25) is 0 Å². The number of aryl methyl sites for hydroxylation is 1. The van der Waals surface area contributed by atoms with E-state index in [0.717, 1.165) is 0 Å². The molecule has 1 rings (SSSR count). The van der Waals surface area contributed by atoms with Crippen molar-refractivity contribution in [2.24, 2.45) is 7.05 Å². The Hall–Kier alpha value is -1.36. The first kappa shape index (κ1) is 9.73. The van der Waals surface area contributed by atoms with Crippen LogP contribution in [0, 0.1) is 0 Å². The highest BCUT2D eigenvalue weighted by molar-refractivity contribution is 5.92. The average Bonchev–Trinajstić information content (AvgIpc) is 2.47. The standard InChI is InChI=1S/C8H13N3O2/c1-6(12)5-9-8(13)7-3-4-11(2)10-7/h3-4,6,12H,5H2,1-2H3,(H,9,13)/t6-/m1/s1. The van der Waals surface area contributed by atoms with Gasteiger partial charge in [0.25, 0.3) is 5.91 Å². The topological polar surface area (TPSA) is 67.2 Å². The molecule has 0 aliphatic rings. The van der Waals surface area contributed by atoms with E-state index in [9.17, 15) is 4.79 Å². The molecule has 1 aromatic rings. The molecule has 0 bridgehead atoms. The molecular formula is C8H13N3O2. The Labute approximate surface area is 76.4 Å². The first-order chi connectivity index (χ1) is 6.09. The van der Waals surface area contributed by atoms with Crippen LogP contribution in [-0.4, -0.2) is 33.4 Å². The second-order valence-electron chi connectivity index (χ2n) is 2.93. The number of hydrogen-bond donors (Lipinski definition) is 2. The van der Waals surface area contributed by atoms with Crippen molar-refractivity contribution in [2.75, 3.05) is 6.54 Å². The molecule has 0 saturated carbocycles. The summed E-state index contributed by atoms with van der Waals surface area (Å²) in [6.07, 6.45) is 1.16. The summed E-state index contributed by atoms with van der Waals surface area (Å²) in [7, 11) is 1.74. The fraction of sp³-hybridized carbons (Fsp3) is 0.500. The highest BCUT2D eigenvalue weighted by Gasteiger charge is 2.08. The Morgan fingerprint density at radius 2 is 2.54 bits per heavy atom. The van der Waals surface area contributed by atoms with Crippen molar-refractivity contribution < 1.29 is 9.90 Å². The number of nitrogens with one attached hydrogen (secondary N) is 1. The number of carbonyl (C=O) groups is 1. The summed E-state index contributed by atoms with van der Waals surface area (Å²) in [6, 6.07) is 1.62. The van der Waals surface area contributed by atoms with E-state index < -0.39 is 6.10 Å². The predicted molar refractivity (Wildman–Crippen MR) is 47.2 cm³/mol. The van der Waals surface area contributed by atoms with Gasteiger partial charge in [-0.25, -0.2) is 0 Å². The van der Waals surface area contributed by atoms with Gasteiger partial charge in [0.1, 0.15) is 5.69 Å². The van der Waals surface area contributed by atoms with Crippen LogP contribution in [0.4, 0.5) is 0 Å². The molecule has 0 fully saturated rings. The number of aromatic nitrogens is 2. The molecule has 0 unspecified atom stereocenters. The van der Waals surface area contributed by atoms with Crippen molar-refractivity contribution in [3.05, 3.63) is 18.0 Å². The molecule has 0 radical (unpaired) electrons. The Morgan fingerprint density at radius 1 is 1.85 bits per heavy atom. The van der Waals surface area contributed by atoms with Crippen LogP contribution in [0.15, 0.2) is 12.3 Å². The Morgan fingerprint density at radius 3 is 3.00 bits per heavy atom. The third kappa shape index (κ3) is 2.87. The lowest BCUT2D eigenvalue weighted by Gasteiger charge is -2.04. The van der Waals surface area contributed by atoms with E-state index in [-0.39, 0.29) is 12.5 Å². The molecule has 1 aromatic heterocycles. The van der Waals surface area contributed by atoms with Gasteiger partial charge in [0.05, 0.1) is 6.10 Å². The van der Waals surface area contributed by atoms with Gasteiger partial charge in [0, 0.05) is 19.8 Å². The number of carbonyl (C=O) groups excluding carboxylic acids is 1. The van der Waals surface area contributed by atoms with E-state index in [0.29, 0.717) is 5.69 Å². The Balaban J connectivity index is 2.49. The van der Waals surface area contributed by atoms with Crippen LogP contribution in [0.2, 0.25) is 0 Å². The molecule has 13 heavy (non-hydrogen) atoms. The predicted octanol–water partition coefficient (Wildman–Crippen LogP) is -0.469. The van der Waals surface area contributed by atoms with Crippen LogP contribution in [0.25, 0.3) is 0 Å². The molecule has 0 spiro atoms. The number of rotatable bonds is 3. The first-order valence-corrected chi connectivity index (χ1v) is 4.05. The lowest BCUT2D eigenvalue weighted by molar-refractivity contribution is 0.0918. The lowest BCUT2D eigenvalue weighted by Crippen LogP contribution is -2.30. The third-order valence-corrected chi connectivity index (χ3v) is 1.50. The zero-order chi connectivity index (χ0) is 9.84. The van der Waals surface area contributed by atoms with Crippen molar-refractivity contribution in [1.29, 1.82) is 0 Å². The summed E-state index contributed by atoms with van der Waals surface area (Å²) in [5.74, 6) is -0.262. The van der Waals surface area contributed by atoms with Crippen LogP contribution in [-0.2, 0) is 7.05 Å². The largest absolute Gasteiger partial charge is 0.392 e. The third-order valence-electron chi connectivity index (χ3n) is 1.50. The van der Waals surface area contributed by atoms with Crippen LogP contribution in [0.3, 0.4) is 0 Å². The van der Waals surface area contributed by atoms with Crippen LogP contribution >= 0.6 is 0 Å². The second-order valence-corrected chi connectivity index (χ2v) is 2.93. The second kappa shape index (κ2) is 4.04. The minimum absolute atomic E-state index is 0.245. The van der Waals surface area contributed by atoms with Gasteiger partial charge in [-0.15, -0.1) is 0 Å². The molecule has 1 heterocycles. The molecule has 2 N–H and O–H groups in total. The molecule has 5 heteroatoms. The first-order valence-electron chi connectivity index (χ1n) is 4.05. The monoisotopic (exact) mass is 183 g/mol. The van der Waals surface area contributed by atoms with Gasteiger partial charge in [-0.2, -0.15) is 5.10 Å². The zero-order valence-electron chi connectivity index (χ0n) is 7.69. The Kier molecular flexibility index (Phi) is 3.02. The fourth-order valence-electron chi connectivity index (χ4n) is 0.867. The number of aliphatic hydroxyl groups is 1. The molecule has 1 amide bonds. The smallest absolute Gasteiger partial charge is 0.271 e. The SMILES string of the molecule is C[C@@H](O)CNC(=O)c1ccn(C)n1. The number of nitrogens with zero attached hydrogens (tertiary/aromatic N) is 2. The molecule has 5 nitrogen and oxygen atoms in total. The maximum absolute atomic E-state index is 11.3. The molecule has 0 aliphatic carbocycles. The van der Waals surface area contributed by atoms with Gasteiger partial charge in [-0.05, 0) is 13.0 Å². The summed E-state index contributed by atoms with van der Waals surface area (Å²) in [4.78, 5) is 11.3. The van der Waals surface area contributed by atoms with Crippen molar-refractivity contribution in [1.82, 2.24) is 15.1 Å². The van der Waals surface area contributed by atoms with E-state index >= 15 is 0 Å². The number of hydrogen-bond acceptors (Lipinski definition) is 3. The maximum Gasteiger partial charge on any atom is 0.271 e. The Bertz CT molecular complexity index is 293. The van der Waals surface area contributed by atoms with E-state index in [4.69, 9.17) is 5.11 Å². The van der Waals surface area contributed by atoms with E-state index in [1.807, 2.05) is 0 Å². The van der Waals surface area contributed by atoms with Crippen LogP contribution < -0.4 is 5.32 Å². The summed E-state index contributed by atoms with van der Waals surface area (Å²) < 4.78 is 1.55. The van der Waals surface area contributed by atoms with E-state index in [2.05, 4.69) is 10.4 Å². The maximum atomic E-state index is 11.3. The highest BCUT2D eigenvalue weighted by Crippen LogP contribution is 1.93. The average molecular weight is 183 g/mol. The molecule has 1 atom stereocenters. The minimum Gasteiger partial charge on any atom is -0.392 e. The van der Waals surface area contributed by atoms with Gasteiger partial charge in [-0.1, -0.05) is 0 Å². The van der Waals surface area contributed by atoms with Gasteiger partial charge in [-0.3, -0.25) is 9.48 Å². The van der Waals surface area contributed by atoms with E-state index in [1.165, 1.54) is 0 Å². The van der Waals surface area contributed by atoms with E-state index in [1.54, 1.807) is 30.9 Å². The van der Waals surface area contributed by atoms with Crippen LogP contribution in [0.1, 0.15) is 17.4 Å². The summed E-state index contributed by atoms with van der Waals surface area (Å²) in [5.41, 5.74) is 0.364. The minimum atomic E-state index is -0.535. The summed E-state index contributed by atoms with van der Waals surface area (Å²) in [5, 5.41) is 15.4. The molecule has 72 valence electrons. The lowest BCUT2D eigenvalue weighted by atomic mass is 10.3. The van der Waals surface area contributed by atoms with Crippen LogP contribution in [0.5, 0.6) is 0 Å². The quantitative estimate of drug-likeness (QED) is 0.665.